The largest absolute Gasteiger partial charge is 0.370 e. The number of benzene rings is 2. The molecule has 0 aliphatic heterocycles. The van der Waals surface area contributed by atoms with Crippen LogP contribution in [-0.2, 0) is 0 Å². The lowest BCUT2D eigenvalue weighted by molar-refractivity contribution is 0.0949. The fraction of sp³-hybridized carbons (Fsp3) is 0.286. The van der Waals surface area contributed by atoms with E-state index in [9.17, 15) is 9.59 Å². The number of nitrogens with two attached hydrogens (primary N) is 1. The van der Waals surface area contributed by atoms with E-state index in [1.54, 1.807) is 30.3 Å². The minimum Gasteiger partial charge on any atom is -0.370 e. The van der Waals surface area contributed by atoms with E-state index >= 15 is 0 Å². The summed E-state index contributed by atoms with van der Waals surface area (Å²) in [5, 5.41) is 13.3. The predicted octanol–water partition coefficient (Wildman–Crippen LogP) is 3.36. The van der Waals surface area contributed by atoms with Crippen molar-refractivity contribution in [3.63, 3.8) is 0 Å². The van der Waals surface area contributed by atoms with Crippen molar-refractivity contribution in [3.8, 4) is 11.1 Å². The Morgan fingerprint density at radius 3 is 2.27 bits per heavy atom. The first-order valence-corrected chi connectivity index (χ1v) is 10.3. The number of rotatable bonds is 8. The molecule has 0 heterocycles. The maximum absolute atomic E-state index is 12.7. The molecule has 9 heteroatoms. The van der Waals surface area contributed by atoms with Gasteiger partial charge in [0.25, 0.3) is 11.8 Å². The number of carbonyl (C=O) groups excluding carboxylic acids is 2. The molecule has 0 aliphatic rings. The topological polar surface area (TPSA) is 111 Å². The SMILES string of the molecule is CCN(CC)CCNC(=O)c1cc(C(=O)NC(=N)N)cc(-c2cc(Cl)ccc2Cl)c1. The number of guanidine groups is 1. The molecular weight excluding hydrogens is 425 g/mol. The molecule has 0 saturated carbocycles. The van der Waals surface area contributed by atoms with E-state index in [2.05, 4.69) is 29.4 Å². The van der Waals surface area contributed by atoms with E-state index in [1.165, 1.54) is 6.07 Å². The summed E-state index contributed by atoms with van der Waals surface area (Å²) < 4.78 is 0. The van der Waals surface area contributed by atoms with Crippen molar-refractivity contribution >= 4 is 41.0 Å². The van der Waals surface area contributed by atoms with Gasteiger partial charge in [0, 0.05) is 39.8 Å². The second-order valence-electron chi connectivity index (χ2n) is 6.57. The smallest absolute Gasteiger partial charge is 0.257 e. The number of hydrogen-bond acceptors (Lipinski definition) is 4. The molecule has 5 N–H and O–H groups in total. The van der Waals surface area contributed by atoms with E-state index in [-0.39, 0.29) is 17.0 Å². The minimum absolute atomic E-state index is 0.174. The van der Waals surface area contributed by atoms with E-state index in [4.69, 9.17) is 34.3 Å². The van der Waals surface area contributed by atoms with Gasteiger partial charge >= 0.3 is 0 Å². The quantitative estimate of drug-likeness (QED) is 0.365. The fourth-order valence-electron chi connectivity index (χ4n) is 2.93. The molecule has 0 atom stereocenters. The zero-order chi connectivity index (χ0) is 22.3. The van der Waals surface area contributed by atoms with Crippen molar-refractivity contribution in [3.05, 3.63) is 57.6 Å². The highest BCUT2D eigenvalue weighted by Gasteiger charge is 2.16. The molecule has 2 amide bonds. The van der Waals surface area contributed by atoms with Crippen LogP contribution in [-0.4, -0.2) is 48.9 Å². The first-order chi connectivity index (χ1) is 14.2. The van der Waals surface area contributed by atoms with E-state index < -0.39 is 11.9 Å². The van der Waals surface area contributed by atoms with Gasteiger partial charge in [-0.1, -0.05) is 37.0 Å². The maximum Gasteiger partial charge on any atom is 0.257 e. The van der Waals surface area contributed by atoms with Gasteiger partial charge in [-0.25, -0.2) is 0 Å². The van der Waals surface area contributed by atoms with E-state index in [0.717, 1.165) is 19.6 Å². The number of hydrogen-bond donors (Lipinski definition) is 4. The van der Waals surface area contributed by atoms with Crippen molar-refractivity contribution < 1.29 is 9.59 Å². The van der Waals surface area contributed by atoms with Crippen LogP contribution in [0.5, 0.6) is 0 Å². The summed E-state index contributed by atoms with van der Waals surface area (Å²) in [6.07, 6.45) is 0. The zero-order valence-electron chi connectivity index (χ0n) is 16.9. The summed E-state index contributed by atoms with van der Waals surface area (Å²) in [6.45, 7) is 7.09. The number of nitrogens with one attached hydrogen (secondary N) is 3. The molecule has 0 aromatic heterocycles. The Bertz CT molecular complexity index is 945. The van der Waals surface area contributed by atoms with Gasteiger partial charge in [0.05, 0.1) is 0 Å². The van der Waals surface area contributed by atoms with Crippen LogP contribution in [0.4, 0.5) is 0 Å². The van der Waals surface area contributed by atoms with Crippen LogP contribution in [0.25, 0.3) is 11.1 Å². The molecule has 2 aromatic rings. The lowest BCUT2D eigenvalue weighted by Crippen LogP contribution is -2.36. The Morgan fingerprint density at radius 1 is 1.03 bits per heavy atom. The molecule has 0 bridgehead atoms. The molecule has 0 saturated heterocycles. The van der Waals surface area contributed by atoms with Crippen LogP contribution in [0.3, 0.4) is 0 Å². The highest BCUT2D eigenvalue weighted by Crippen LogP contribution is 2.32. The minimum atomic E-state index is -0.598. The standard InChI is InChI=1S/C21H25Cl2N5O2/c1-3-28(4-2)8-7-26-19(29)14-9-13(17-12-16(22)5-6-18(17)23)10-15(11-14)20(30)27-21(24)25/h5-6,9-12H,3-4,7-8H2,1-2H3,(H,26,29)(H4,24,25,27,30). The predicted molar refractivity (Wildman–Crippen MR) is 121 cm³/mol. The van der Waals surface area contributed by atoms with Crippen molar-refractivity contribution in [2.45, 2.75) is 13.8 Å². The van der Waals surface area contributed by atoms with Crippen LogP contribution >= 0.6 is 23.2 Å². The normalized spacial score (nSPS) is 10.7. The van der Waals surface area contributed by atoms with Crippen molar-refractivity contribution in [2.24, 2.45) is 5.73 Å². The average Bonchev–Trinajstić information content (AvgIpc) is 2.72. The van der Waals surface area contributed by atoms with Crippen LogP contribution in [0.15, 0.2) is 36.4 Å². The summed E-state index contributed by atoms with van der Waals surface area (Å²) >= 11 is 12.4. The second-order valence-corrected chi connectivity index (χ2v) is 7.42. The number of likely N-dealkylation sites (N-methyl/N-ethyl adjacent to an activating group) is 1. The van der Waals surface area contributed by atoms with Crippen molar-refractivity contribution in [1.82, 2.24) is 15.5 Å². The fourth-order valence-corrected chi connectivity index (χ4v) is 3.33. The number of halogens is 2. The summed E-state index contributed by atoms with van der Waals surface area (Å²) in [6, 6.07) is 9.63. The highest BCUT2D eigenvalue weighted by molar-refractivity contribution is 6.35. The highest BCUT2D eigenvalue weighted by atomic mass is 35.5. The summed E-state index contributed by atoms with van der Waals surface area (Å²) in [4.78, 5) is 27.4. The summed E-state index contributed by atoms with van der Waals surface area (Å²) in [5.41, 5.74) is 6.86. The first-order valence-electron chi connectivity index (χ1n) is 9.51. The van der Waals surface area contributed by atoms with Crippen LogP contribution in [0.1, 0.15) is 34.6 Å². The molecule has 0 aliphatic carbocycles. The molecule has 0 radical (unpaired) electrons. The maximum atomic E-state index is 12.7. The first kappa shape index (κ1) is 23.7. The third-order valence-corrected chi connectivity index (χ3v) is 5.12. The lowest BCUT2D eigenvalue weighted by Gasteiger charge is -2.18. The van der Waals surface area contributed by atoms with E-state index in [0.29, 0.717) is 27.7 Å². The van der Waals surface area contributed by atoms with Gasteiger partial charge in [0.2, 0.25) is 0 Å². The molecule has 7 nitrogen and oxygen atoms in total. The Labute approximate surface area is 186 Å². The van der Waals surface area contributed by atoms with Gasteiger partial charge in [0.15, 0.2) is 5.96 Å². The van der Waals surface area contributed by atoms with Gasteiger partial charge in [0.1, 0.15) is 0 Å². The van der Waals surface area contributed by atoms with E-state index in [1.807, 2.05) is 0 Å². The van der Waals surface area contributed by atoms with Crippen LogP contribution < -0.4 is 16.4 Å². The second kappa shape index (κ2) is 11.0. The molecular formula is C21H25Cl2N5O2. The Morgan fingerprint density at radius 2 is 1.67 bits per heavy atom. The zero-order valence-corrected chi connectivity index (χ0v) is 18.4. The molecule has 160 valence electrons. The molecule has 0 spiro atoms. The van der Waals surface area contributed by atoms with Gasteiger partial charge in [-0.3, -0.25) is 20.3 Å². The third-order valence-electron chi connectivity index (χ3n) is 4.55. The lowest BCUT2D eigenvalue weighted by atomic mass is 9.98. The third kappa shape index (κ3) is 6.45. The number of nitrogens with zero attached hydrogens (tertiary/aromatic N) is 1. The Balaban J connectivity index is 2.38. The van der Waals surface area contributed by atoms with Crippen molar-refractivity contribution in [2.75, 3.05) is 26.2 Å². The van der Waals surface area contributed by atoms with Gasteiger partial charge in [-0.15, -0.1) is 0 Å². The molecule has 30 heavy (non-hydrogen) atoms. The van der Waals surface area contributed by atoms with Gasteiger partial charge in [-0.2, -0.15) is 0 Å². The van der Waals surface area contributed by atoms with Crippen LogP contribution in [0, 0.1) is 5.41 Å². The molecule has 0 fully saturated rings. The van der Waals surface area contributed by atoms with Crippen molar-refractivity contribution in [1.29, 1.82) is 5.41 Å². The number of amides is 2. The van der Waals surface area contributed by atoms with Gasteiger partial charge < -0.3 is 16.0 Å². The Kier molecular flexibility index (Phi) is 8.65. The molecule has 2 aromatic carbocycles. The monoisotopic (exact) mass is 449 g/mol. The molecule has 2 rings (SSSR count). The van der Waals surface area contributed by atoms with Crippen LogP contribution in [0.2, 0.25) is 10.0 Å². The van der Waals surface area contributed by atoms with Gasteiger partial charge in [-0.05, 0) is 55.1 Å². The summed E-state index contributed by atoms with van der Waals surface area (Å²) in [5.74, 6) is -1.41. The Hall–Kier alpha value is -2.61. The number of carbonyl (C=O) groups is 2. The molecule has 0 unspecified atom stereocenters. The average molecular weight is 450 g/mol. The summed E-state index contributed by atoms with van der Waals surface area (Å²) in [7, 11) is 0.